The van der Waals surface area contributed by atoms with Gasteiger partial charge in [0.1, 0.15) is 5.82 Å². The van der Waals surface area contributed by atoms with Gasteiger partial charge in [0.25, 0.3) is 0 Å². The van der Waals surface area contributed by atoms with E-state index in [1.54, 1.807) is 0 Å². The second kappa shape index (κ2) is 5.63. The monoisotopic (exact) mass is 276 g/mol. The Balaban J connectivity index is 1.50. The molecular formula is C14H17ClN4. The molecule has 1 aromatic carbocycles. The third-order valence-corrected chi connectivity index (χ3v) is 3.79. The standard InChI is InChI=1S/C14H17ClN4/c15-13-4-2-1-3-12(13)9-16-7-11-8-17-14-5-6-18-19(14)10-11/h1-6,11,16-17H,7-10H2/t11-/m1/s1. The predicted octanol–water partition coefficient (Wildman–Crippen LogP) is 2.37. The molecule has 0 unspecified atom stereocenters. The van der Waals surface area contributed by atoms with Gasteiger partial charge in [-0.05, 0) is 11.6 Å². The quantitative estimate of drug-likeness (QED) is 0.901. The molecule has 19 heavy (non-hydrogen) atoms. The van der Waals surface area contributed by atoms with Crippen molar-refractivity contribution in [2.24, 2.45) is 5.92 Å². The molecule has 1 aliphatic rings. The van der Waals surface area contributed by atoms with Crippen LogP contribution in [0, 0.1) is 5.92 Å². The molecule has 1 aliphatic heterocycles. The number of nitrogens with one attached hydrogen (secondary N) is 2. The SMILES string of the molecule is Clc1ccccc1CNC[C@@H]1CNc2ccnn2C1. The lowest BCUT2D eigenvalue weighted by atomic mass is 10.1. The van der Waals surface area contributed by atoms with E-state index >= 15 is 0 Å². The van der Waals surface area contributed by atoms with Gasteiger partial charge in [0.05, 0.1) is 6.20 Å². The molecule has 2 heterocycles. The van der Waals surface area contributed by atoms with E-state index in [1.165, 1.54) is 0 Å². The first kappa shape index (κ1) is 12.5. The molecule has 2 aromatic rings. The zero-order valence-electron chi connectivity index (χ0n) is 10.6. The molecule has 0 fully saturated rings. The minimum Gasteiger partial charge on any atom is -0.370 e. The Labute approximate surface area is 117 Å². The minimum atomic E-state index is 0.551. The first-order valence-corrected chi connectivity index (χ1v) is 6.90. The van der Waals surface area contributed by atoms with Crippen LogP contribution in [0.15, 0.2) is 36.5 Å². The van der Waals surface area contributed by atoms with Gasteiger partial charge in [-0.15, -0.1) is 0 Å². The Bertz CT molecular complexity index is 552. The minimum absolute atomic E-state index is 0.551. The number of hydrogen-bond acceptors (Lipinski definition) is 3. The molecule has 0 bridgehead atoms. The second-order valence-corrected chi connectivity index (χ2v) is 5.27. The summed E-state index contributed by atoms with van der Waals surface area (Å²) in [5, 5.41) is 12.0. The average molecular weight is 277 g/mol. The Hall–Kier alpha value is -1.52. The molecule has 3 rings (SSSR count). The summed E-state index contributed by atoms with van der Waals surface area (Å²) in [6, 6.07) is 9.96. The summed E-state index contributed by atoms with van der Waals surface area (Å²) in [7, 11) is 0. The third kappa shape index (κ3) is 2.91. The fraction of sp³-hybridized carbons (Fsp3) is 0.357. The molecule has 0 saturated heterocycles. The van der Waals surface area contributed by atoms with Crippen molar-refractivity contribution in [3.63, 3.8) is 0 Å². The molecule has 1 aromatic heterocycles. The van der Waals surface area contributed by atoms with Crippen molar-refractivity contribution in [1.29, 1.82) is 0 Å². The van der Waals surface area contributed by atoms with Crippen molar-refractivity contribution in [1.82, 2.24) is 15.1 Å². The van der Waals surface area contributed by atoms with Gasteiger partial charge in [0.15, 0.2) is 0 Å². The first-order valence-electron chi connectivity index (χ1n) is 6.53. The van der Waals surface area contributed by atoms with E-state index in [2.05, 4.69) is 21.8 Å². The van der Waals surface area contributed by atoms with Crippen molar-refractivity contribution < 1.29 is 0 Å². The molecule has 5 heteroatoms. The summed E-state index contributed by atoms with van der Waals surface area (Å²) >= 11 is 6.13. The van der Waals surface area contributed by atoms with E-state index in [0.29, 0.717) is 5.92 Å². The Morgan fingerprint density at radius 3 is 3.16 bits per heavy atom. The van der Waals surface area contributed by atoms with E-state index in [1.807, 2.05) is 35.1 Å². The smallest absolute Gasteiger partial charge is 0.124 e. The summed E-state index contributed by atoms with van der Waals surface area (Å²) in [5.74, 6) is 1.66. The van der Waals surface area contributed by atoms with Crippen LogP contribution in [0.25, 0.3) is 0 Å². The van der Waals surface area contributed by atoms with Gasteiger partial charge in [-0.25, -0.2) is 4.68 Å². The highest BCUT2D eigenvalue weighted by molar-refractivity contribution is 6.31. The van der Waals surface area contributed by atoms with Crippen LogP contribution in [0.3, 0.4) is 0 Å². The van der Waals surface area contributed by atoms with Gasteiger partial charge in [0, 0.05) is 43.2 Å². The Morgan fingerprint density at radius 1 is 1.37 bits per heavy atom. The average Bonchev–Trinajstić information content (AvgIpc) is 2.88. The van der Waals surface area contributed by atoms with Crippen LogP contribution in [-0.2, 0) is 13.1 Å². The van der Waals surface area contributed by atoms with Gasteiger partial charge in [-0.1, -0.05) is 29.8 Å². The van der Waals surface area contributed by atoms with Crippen molar-refractivity contribution in [2.45, 2.75) is 13.1 Å². The fourth-order valence-corrected chi connectivity index (χ4v) is 2.58. The van der Waals surface area contributed by atoms with Crippen LogP contribution < -0.4 is 10.6 Å². The van der Waals surface area contributed by atoms with E-state index in [-0.39, 0.29) is 0 Å². The zero-order valence-corrected chi connectivity index (χ0v) is 11.4. The predicted molar refractivity (Wildman–Crippen MR) is 77.4 cm³/mol. The summed E-state index contributed by atoms with van der Waals surface area (Å²) < 4.78 is 2.02. The zero-order chi connectivity index (χ0) is 13.1. The number of fused-ring (bicyclic) bond motifs is 1. The third-order valence-electron chi connectivity index (χ3n) is 3.43. The van der Waals surface area contributed by atoms with Crippen LogP contribution in [0.1, 0.15) is 5.56 Å². The number of halogens is 1. The molecule has 2 N–H and O–H groups in total. The number of benzene rings is 1. The lowest BCUT2D eigenvalue weighted by Gasteiger charge is -2.25. The molecule has 0 aliphatic carbocycles. The summed E-state index contributed by atoms with van der Waals surface area (Å²) in [6.07, 6.45) is 1.84. The Kier molecular flexibility index (Phi) is 3.71. The molecular weight excluding hydrogens is 260 g/mol. The molecule has 0 radical (unpaired) electrons. The van der Waals surface area contributed by atoms with Crippen molar-refractivity contribution in [3.8, 4) is 0 Å². The van der Waals surface area contributed by atoms with Gasteiger partial charge in [-0.2, -0.15) is 5.10 Å². The summed E-state index contributed by atoms with van der Waals surface area (Å²) in [6.45, 7) is 3.71. The topological polar surface area (TPSA) is 41.9 Å². The number of rotatable bonds is 4. The molecule has 0 spiro atoms. The summed E-state index contributed by atoms with van der Waals surface area (Å²) in [5.41, 5.74) is 1.15. The number of aromatic nitrogens is 2. The lowest BCUT2D eigenvalue weighted by Crippen LogP contribution is -2.35. The number of hydrogen-bond donors (Lipinski definition) is 2. The van der Waals surface area contributed by atoms with Crippen molar-refractivity contribution in [2.75, 3.05) is 18.4 Å². The molecule has 0 saturated carbocycles. The van der Waals surface area contributed by atoms with Crippen molar-refractivity contribution in [3.05, 3.63) is 47.1 Å². The highest BCUT2D eigenvalue weighted by atomic mass is 35.5. The van der Waals surface area contributed by atoms with Crippen molar-refractivity contribution >= 4 is 17.4 Å². The molecule has 100 valence electrons. The van der Waals surface area contributed by atoms with Gasteiger partial charge in [0.2, 0.25) is 0 Å². The molecule has 1 atom stereocenters. The van der Waals surface area contributed by atoms with E-state index < -0.39 is 0 Å². The van der Waals surface area contributed by atoms with Crippen LogP contribution in [0.4, 0.5) is 5.82 Å². The maximum Gasteiger partial charge on any atom is 0.124 e. The van der Waals surface area contributed by atoms with Crippen LogP contribution in [-0.4, -0.2) is 22.9 Å². The maximum absolute atomic E-state index is 6.13. The van der Waals surface area contributed by atoms with Crippen LogP contribution in [0.2, 0.25) is 5.02 Å². The summed E-state index contributed by atoms with van der Waals surface area (Å²) in [4.78, 5) is 0. The lowest BCUT2D eigenvalue weighted by molar-refractivity contribution is 0.391. The first-order chi connectivity index (χ1) is 9.33. The number of anilines is 1. The van der Waals surface area contributed by atoms with E-state index in [0.717, 1.165) is 42.6 Å². The van der Waals surface area contributed by atoms with Gasteiger partial charge < -0.3 is 10.6 Å². The molecule has 0 amide bonds. The fourth-order valence-electron chi connectivity index (χ4n) is 2.38. The van der Waals surface area contributed by atoms with E-state index in [4.69, 9.17) is 11.6 Å². The van der Waals surface area contributed by atoms with Gasteiger partial charge >= 0.3 is 0 Å². The number of nitrogens with zero attached hydrogens (tertiary/aromatic N) is 2. The highest BCUT2D eigenvalue weighted by Crippen LogP contribution is 2.17. The normalized spacial score (nSPS) is 17.8. The maximum atomic E-state index is 6.13. The Morgan fingerprint density at radius 2 is 2.26 bits per heavy atom. The molecule has 4 nitrogen and oxygen atoms in total. The highest BCUT2D eigenvalue weighted by Gasteiger charge is 2.17. The van der Waals surface area contributed by atoms with E-state index in [9.17, 15) is 0 Å². The largest absolute Gasteiger partial charge is 0.370 e. The van der Waals surface area contributed by atoms with Gasteiger partial charge in [-0.3, -0.25) is 0 Å². The van der Waals surface area contributed by atoms with Crippen LogP contribution in [0.5, 0.6) is 0 Å². The van der Waals surface area contributed by atoms with Crippen LogP contribution >= 0.6 is 11.6 Å². The second-order valence-electron chi connectivity index (χ2n) is 4.87.